The minimum Gasteiger partial charge on any atom is -0.384 e. The topological polar surface area (TPSA) is 12.0 Å². The van der Waals surface area contributed by atoms with Crippen molar-refractivity contribution in [2.24, 2.45) is 5.92 Å². The SMILES string of the molecule is Cc1ccc2c(c1)C(CCC1CCCC1)CN2. The molecule has 1 aromatic carbocycles. The first-order valence-corrected chi connectivity index (χ1v) is 7.17. The minimum atomic E-state index is 0.769. The lowest BCUT2D eigenvalue weighted by molar-refractivity contribution is 0.459. The molecule has 1 aliphatic carbocycles. The van der Waals surface area contributed by atoms with Crippen molar-refractivity contribution in [1.29, 1.82) is 0 Å². The van der Waals surface area contributed by atoms with Crippen LogP contribution in [0, 0.1) is 12.8 Å². The Balaban J connectivity index is 1.64. The summed E-state index contributed by atoms with van der Waals surface area (Å²) in [6.45, 7) is 3.36. The number of hydrogen-bond donors (Lipinski definition) is 1. The van der Waals surface area contributed by atoms with Crippen molar-refractivity contribution in [1.82, 2.24) is 0 Å². The number of nitrogens with one attached hydrogen (secondary N) is 1. The van der Waals surface area contributed by atoms with E-state index in [0.717, 1.165) is 18.4 Å². The van der Waals surface area contributed by atoms with Crippen molar-refractivity contribution < 1.29 is 0 Å². The van der Waals surface area contributed by atoms with E-state index in [-0.39, 0.29) is 0 Å². The predicted octanol–water partition coefficient (Wildman–Crippen LogP) is 4.47. The summed E-state index contributed by atoms with van der Waals surface area (Å²) in [4.78, 5) is 0. The Morgan fingerprint density at radius 3 is 2.82 bits per heavy atom. The molecule has 0 radical (unpaired) electrons. The minimum absolute atomic E-state index is 0.769. The van der Waals surface area contributed by atoms with Crippen LogP contribution in [0.3, 0.4) is 0 Å². The van der Waals surface area contributed by atoms with Gasteiger partial charge in [0.2, 0.25) is 0 Å². The first-order chi connectivity index (χ1) is 8.33. The average Bonchev–Trinajstić information content (AvgIpc) is 2.94. The summed E-state index contributed by atoms with van der Waals surface area (Å²) in [5.41, 5.74) is 4.35. The van der Waals surface area contributed by atoms with Gasteiger partial charge in [-0.3, -0.25) is 0 Å². The lowest BCUT2D eigenvalue weighted by atomic mass is 9.90. The molecule has 0 amide bonds. The first-order valence-electron chi connectivity index (χ1n) is 7.17. The van der Waals surface area contributed by atoms with Gasteiger partial charge in [-0.1, -0.05) is 43.4 Å². The third-order valence-corrected chi connectivity index (χ3v) is 4.58. The highest BCUT2D eigenvalue weighted by atomic mass is 14.9. The van der Waals surface area contributed by atoms with Crippen molar-refractivity contribution >= 4 is 5.69 Å². The molecular weight excluding hydrogens is 206 g/mol. The molecule has 92 valence electrons. The highest BCUT2D eigenvalue weighted by Gasteiger charge is 2.23. The second-order valence-electron chi connectivity index (χ2n) is 5.90. The Bertz CT molecular complexity index is 391. The number of rotatable bonds is 3. The van der Waals surface area contributed by atoms with E-state index in [9.17, 15) is 0 Å². The fourth-order valence-electron chi connectivity index (χ4n) is 3.52. The third-order valence-electron chi connectivity index (χ3n) is 4.58. The van der Waals surface area contributed by atoms with E-state index in [2.05, 4.69) is 30.4 Å². The molecule has 1 atom stereocenters. The van der Waals surface area contributed by atoms with E-state index in [4.69, 9.17) is 0 Å². The molecule has 1 nitrogen and oxygen atoms in total. The van der Waals surface area contributed by atoms with Gasteiger partial charge >= 0.3 is 0 Å². The average molecular weight is 229 g/mol. The van der Waals surface area contributed by atoms with Gasteiger partial charge in [0.15, 0.2) is 0 Å². The lowest BCUT2D eigenvalue weighted by Crippen LogP contribution is -2.04. The molecule has 1 heteroatoms. The number of benzene rings is 1. The second-order valence-corrected chi connectivity index (χ2v) is 5.90. The Labute approximate surface area is 105 Å². The van der Waals surface area contributed by atoms with E-state index in [1.54, 1.807) is 5.56 Å². The van der Waals surface area contributed by atoms with Crippen LogP contribution in [0.25, 0.3) is 0 Å². The van der Waals surface area contributed by atoms with Crippen molar-refractivity contribution in [3.05, 3.63) is 29.3 Å². The monoisotopic (exact) mass is 229 g/mol. The molecule has 0 spiro atoms. The molecule has 1 aromatic rings. The second kappa shape index (κ2) is 4.72. The summed E-state index contributed by atoms with van der Waals surface area (Å²) in [6, 6.07) is 6.85. The largest absolute Gasteiger partial charge is 0.384 e. The molecule has 0 aromatic heterocycles. The molecule has 3 rings (SSSR count). The number of anilines is 1. The highest BCUT2D eigenvalue weighted by molar-refractivity contribution is 5.58. The Morgan fingerprint density at radius 1 is 1.18 bits per heavy atom. The molecule has 17 heavy (non-hydrogen) atoms. The van der Waals surface area contributed by atoms with E-state index in [1.165, 1.54) is 49.8 Å². The van der Waals surface area contributed by atoms with Gasteiger partial charge in [0.25, 0.3) is 0 Å². The summed E-state index contributed by atoms with van der Waals surface area (Å²) in [6.07, 6.45) is 8.75. The molecule has 1 N–H and O–H groups in total. The van der Waals surface area contributed by atoms with Crippen LogP contribution in [0.4, 0.5) is 5.69 Å². The zero-order valence-electron chi connectivity index (χ0n) is 10.8. The van der Waals surface area contributed by atoms with Gasteiger partial charge in [0, 0.05) is 18.2 Å². The van der Waals surface area contributed by atoms with Gasteiger partial charge in [-0.2, -0.15) is 0 Å². The first kappa shape index (κ1) is 11.1. The Kier molecular flexibility index (Phi) is 3.09. The maximum absolute atomic E-state index is 3.55. The summed E-state index contributed by atoms with van der Waals surface area (Å²) >= 11 is 0. The number of aryl methyl sites for hydroxylation is 1. The molecule has 0 saturated heterocycles. The van der Waals surface area contributed by atoms with Crippen LogP contribution in [0.2, 0.25) is 0 Å². The normalized spacial score (nSPS) is 23.7. The Morgan fingerprint density at radius 2 is 2.00 bits per heavy atom. The maximum atomic E-state index is 3.55. The van der Waals surface area contributed by atoms with Crippen LogP contribution in [-0.4, -0.2) is 6.54 Å². The van der Waals surface area contributed by atoms with Gasteiger partial charge in [-0.05, 0) is 37.3 Å². The van der Waals surface area contributed by atoms with E-state index in [0.29, 0.717) is 0 Å². The van der Waals surface area contributed by atoms with E-state index >= 15 is 0 Å². The van der Waals surface area contributed by atoms with Crippen LogP contribution in [0.15, 0.2) is 18.2 Å². The van der Waals surface area contributed by atoms with Crippen molar-refractivity contribution in [3.8, 4) is 0 Å². The summed E-state index contributed by atoms with van der Waals surface area (Å²) < 4.78 is 0. The fourth-order valence-corrected chi connectivity index (χ4v) is 3.52. The summed E-state index contributed by atoms with van der Waals surface area (Å²) in [7, 11) is 0. The van der Waals surface area contributed by atoms with Crippen LogP contribution < -0.4 is 5.32 Å². The number of hydrogen-bond acceptors (Lipinski definition) is 1. The molecule has 1 aliphatic heterocycles. The molecule has 1 heterocycles. The van der Waals surface area contributed by atoms with Crippen molar-refractivity contribution in [2.75, 3.05) is 11.9 Å². The van der Waals surface area contributed by atoms with Gasteiger partial charge in [-0.25, -0.2) is 0 Å². The highest BCUT2D eigenvalue weighted by Crippen LogP contribution is 2.38. The van der Waals surface area contributed by atoms with Gasteiger partial charge < -0.3 is 5.32 Å². The lowest BCUT2D eigenvalue weighted by Gasteiger charge is -2.14. The molecule has 2 aliphatic rings. The Hall–Kier alpha value is -0.980. The summed E-state index contributed by atoms with van der Waals surface area (Å²) in [5.74, 6) is 1.80. The van der Waals surface area contributed by atoms with Gasteiger partial charge in [0.1, 0.15) is 0 Å². The smallest absolute Gasteiger partial charge is 0.0376 e. The van der Waals surface area contributed by atoms with Crippen molar-refractivity contribution in [2.45, 2.75) is 51.4 Å². The maximum Gasteiger partial charge on any atom is 0.0376 e. The molecule has 1 saturated carbocycles. The molecule has 1 fully saturated rings. The molecule has 1 unspecified atom stereocenters. The number of fused-ring (bicyclic) bond motifs is 1. The zero-order chi connectivity index (χ0) is 11.7. The third kappa shape index (κ3) is 2.34. The van der Waals surface area contributed by atoms with Crippen LogP contribution in [-0.2, 0) is 0 Å². The van der Waals surface area contributed by atoms with Crippen molar-refractivity contribution in [3.63, 3.8) is 0 Å². The quantitative estimate of drug-likeness (QED) is 0.806. The van der Waals surface area contributed by atoms with Gasteiger partial charge in [0.05, 0.1) is 0 Å². The predicted molar refractivity (Wildman–Crippen MR) is 73.6 cm³/mol. The van der Waals surface area contributed by atoms with E-state index in [1.807, 2.05) is 0 Å². The van der Waals surface area contributed by atoms with E-state index < -0.39 is 0 Å². The molecule has 0 bridgehead atoms. The van der Waals surface area contributed by atoms with Crippen LogP contribution >= 0.6 is 0 Å². The van der Waals surface area contributed by atoms with Crippen LogP contribution in [0.5, 0.6) is 0 Å². The van der Waals surface area contributed by atoms with Crippen LogP contribution in [0.1, 0.15) is 55.6 Å². The molecular formula is C16H23N. The fraction of sp³-hybridized carbons (Fsp3) is 0.625. The zero-order valence-corrected chi connectivity index (χ0v) is 10.8. The standard InChI is InChI=1S/C16H23N/c1-12-6-9-16-15(10-12)14(11-17-16)8-7-13-4-2-3-5-13/h6,9-10,13-14,17H,2-5,7-8,11H2,1H3. The summed E-state index contributed by atoms with van der Waals surface area (Å²) in [5, 5.41) is 3.55. The van der Waals surface area contributed by atoms with Gasteiger partial charge in [-0.15, -0.1) is 0 Å².